The fourth-order valence-electron chi connectivity index (χ4n) is 1.90. The Kier molecular flexibility index (Phi) is 3.41. The van der Waals surface area contributed by atoms with Crippen LogP contribution in [0.2, 0.25) is 0 Å². The summed E-state index contributed by atoms with van der Waals surface area (Å²) >= 11 is 0. The van der Waals surface area contributed by atoms with Crippen molar-refractivity contribution in [1.82, 2.24) is 15.2 Å². The molecule has 0 atom stereocenters. The Morgan fingerprint density at radius 3 is 2.65 bits per heavy atom. The van der Waals surface area contributed by atoms with Crippen LogP contribution >= 0.6 is 0 Å². The molecule has 0 unspecified atom stereocenters. The molecule has 20 heavy (non-hydrogen) atoms. The minimum atomic E-state index is 0.560. The number of hydrogen-bond donors (Lipinski definition) is 1. The van der Waals surface area contributed by atoms with E-state index in [1.165, 1.54) is 0 Å². The maximum absolute atomic E-state index is 5.30. The minimum absolute atomic E-state index is 0.560. The summed E-state index contributed by atoms with van der Waals surface area (Å²) in [7, 11) is 0. The van der Waals surface area contributed by atoms with Gasteiger partial charge < -0.3 is 9.73 Å². The van der Waals surface area contributed by atoms with E-state index in [4.69, 9.17) is 4.42 Å². The Balaban J connectivity index is 1.90. The number of furan rings is 1. The maximum atomic E-state index is 5.30. The second-order valence-corrected chi connectivity index (χ2v) is 4.36. The van der Waals surface area contributed by atoms with Crippen LogP contribution in [0.25, 0.3) is 11.3 Å². The van der Waals surface area contributed by atoms with Crippen LogP contribution in [0.1, 0.15) is 11.6 Å². The quantitative estimate of drug-likeness (QED) is 0.786. The van der Waals surface area contributed by atoms with Gasteiger partial charge in [0, 0.05) is 5.56 Å². The van der Waals surface area contributed by atoms with Gasteiger partial charge in [0.25, 0.3) is 0 Å². The van der Waals surface area contributed by atoms with Crippen LogP contribution in [0.15, 0.2) is 53.1 Å². The van der Waals surface area contributed by atoms with Crippen LogP contribution < -0.4 is 5.32 Å². The van der Waals surface area contributed by atoms with Gasteiger partial charge in [0.15, 0.2) is 5.82 Å². The van der Waals surface area contributed by atoms with Crippen molar-refractivity contribution in [2.24, 2.45) is 0 Å². The fourth-order valence-corrected chi connectivity index (χ4v) is 1.90. The van der Waals surface area contributed by atoms with Crippen molar-refractivity contribution >= 4 is 5.82 Å². The molecule has 5 heteroatoms. The van der Waals surface area contributed by atoms with E-state index in [1.54, 1.807) is 6.26 Å². The van der Waals surface area contributed by atoms with Crippen LogP contribution in [0.4, 0.5) is 5.82 Å². The lowest BCUT2D eigenvalue weighted by Gasteiger charge is -2.09. The van der Waals surface area contributed by atoms with Gasteiger partial charge in [-0.1, -0.05) is 30.3 Å². The molecule has 0 amide bonds. The third kappa shape index (κ3) is 2.66. The lowest BCUT2D eigenvalue weighted by atomic mass is 10.1. The topological polar surface area (TPSA) is 63.8 Å². The van der Waals surface area contributed by atoms with E-state index in [0.29, 0.717) is 18.2 Å². The SMILES string of the molecule is Cc1nnc(-c2ccccc2)c(NCc2ccco2)n1. The highest BCUT2D eigenvalue weighted by molar-refractivity contribution is 5.70. The first-order chi connectivity index (χ1) is 9.83. The van der Waals surface area contributed by atoms with Crippen molar-refractivity contribution in [3.8, 4) is 11.3 Å². The summed E-state index contributed by atoms with van der Waals surface area (Å²) in [6.45, 7) is 2.38. The van der Waals surface area contributed by atoms with E-state index in [2.05, 4.69) is 20.5 Å². The molecule has 0 radical (unpaired) electrons. The molecule has 1 N–H and O–H groups in total. The Hall–Kier alpha value is -2.69. The van der Waals surface area contributed by atoms with Crippen molar-refractivity contribution in [2.45, 2.75) is 13.5 Å². The molecule has 0 bridgehead atoms. The molecule has 0 aliphatic rings. The molecule has 5 nitrogen and oxygen atoms in total. The van der Waals surface area contributed by atoms with Crippen molar-refractivity contribution < 1.29 is 4.42 Å². The fraction of sp³-hybridized carbons (Fsp3) is 0.133. The Morgan fingerprint density at radius 2 is 1.90 bits per heavy atom. The lowest BCUT2D eigenvalue weighted by molar-refractivity contribution is 0.517. The van der Waals surface area contributed by atoms with E-state index in [1.807, 2.05) is 49.4 Å². The van der Waals surface area contributed by atoms with Crippen LogP contribution in [-0.2, 0) is 6.54 Å². The zero-order valence-corrected chi connectivity index (χ0v) is 11.1. The molecular formula is C15H14N4O. The number of hydrogen-bond acceptors (Lipinski definition) is 5. The van der Waals surface area contributed by atoms with Crippen LogP contribution in [0.5, 0.6) is 0 Å². The van der Waals surface area contributed by atoms with E-state index >= 15 is 0 Å². The monoisotopic (exact) mass is 266 g/mol. The number of benzene rings is 1. The second kappa shape index (κ2) is 5.52. The molecular weight excluding hydrogens is 252 g/mol. The third-order valence-corrected chi connectivity index (χ3v) is 2.85. The smallest absolute Gasteiger partial charge is 0.157 e. The molecule has 0 aliphatic carbocycles. The molecule has 0 saturated carbocycles. The van der Waals surface area contributed by atoms with Gasteiger partial charge in [-0.15, -0.1) is 10.2 Å². The highest BCUT2D eigenvalue weighted by Gasteiger charge is 2.10. The summed E-state index contributed by atoms with van der Waals surface area (Å²) in [4.78, 5) is 4.42. The Labute approximate surface area is 116 Å². The standard InChI is InChI=1S/C15H14N4O/c1-11-17-15(16-10-13-8-5-9-20-13)14(19-18-11)12-6-3-2-4-7-12/h2-9H,10H2,1H3,(H,16,17,18). The van der Waals surface area contributed by atoms with E-state index in [-0.39, 0.29) is 0 Å². The molecule has 2 aromatic heterocycles. The zero-order valence-electron chi connectivity index (χ0n) is 11.1. The summed E-state index contributed by atoms with van der Waals surface area (Å²) in [5.41, 5.74) is 1.72. The Bertz CT molecular complexity index is 680. The van der Waals surface area contributed by atoms with E-state index in [0.717, 1.165) is 17.0 Å². The highest BCUT2D eigenvalue weighted by atomic mass is 16.3. The second-order valence-electron chi connectivity index (χ2n) is 4.36. The van der Waals surface area contributed by atoms with Gasteiger partial charge in [0.2, 0.25) is 0 Å². The lowest BCUT2D eigenvalue weighted by Crippen LogP contribution is -2.06. The van der Waals surface area contributed by atoms with Gasteiger partial charge in [0.05, 0.1) is 12.8 Å². The molecule has 1 aromatic carbocycles. The molecule has 0 fully saturated rings. The van der Waals surface area contributed by atoms with E-state index < -0.39 is 0 Å². The molecule has 100 valence electrons. The van der Waals surface area contributed by atoms with Crippen molar-refractivity contribution in [3.05, 3.63) is 60.3 Å². The van der Waals surface area contributed by atoms with Gasteiger partial charge in [0.1, 0.15) is 17.3 Å². The first kappa shape index (κ1) is 12.3. The molecule has 0 aliphatic heterocycles. The first-order valence-corrected chi connectivity index (χ1v) is 6.36. The van der Waals surface area contributed by atoms with Crippen molar-refractivity contribution in [1.29, 1.82) is 0 Å². The molecule has 0 saturated heterocycles. The van der Waals surface area contributed by atoms with Crippen LogP contribution in [0.3, 0.4) is 0 Å². The number of rotatable bonds is 4. The summed E-state index contributed by atoms with van der Waals surface area (Å²) in [6, 6.07) is 13.6. The number of nitrogens with one attached hydrogen (secondary N) is 1. The predicted octanol–water partition coefficient (Wildman–Crippen LogP) is 3.05. The maximum Gasteiger partial charge on any atom is 0.157 e. The number of aromatic nitrogens is 3. The molecule has 2 heterocycles. The van der Waals surface area contributed by atoms with Crippen LogP contribution in [-0.4, -0.2) is 15.2 Å². The normalized spacial score (nSPS) is 10.4. The predicted molar refractivity (Wildman–Crippen MR) is 76.0 cm³/mol. The molecule has 3 rings (SSSR count). The Morgan fingerprint density at radius 1 is 1.05 bits per heavy atom. The number of aryl methyl sites for hydroxylation is 1. The summed E-state index contributed by atoms with van der Waals surface area (Å²) in [5.74, 6) is 2.19. The molecule has 0 spiro atoms. The van der Waals surface area contributed by atoms with Crippen molar-refractivity contribution in [2.75, 3.05) is 5.32 Å². The van der Waals surface area contributed by atoms with Gasteiger partial charge in [-0.2, -0.15) is 0 Å². The van der Waals surface area contributed by atoms with Gasteiger partial charge >= 0.3 is 0 Å². The van der Waals surface area contributed by atoms with Crippen molar-refractivity contribution in [3.63, 3.8) is 0 Å². The summed E-state index contributed by atoms with van der Waals surface area (Å²) in [5, 5.41) is 11.5. The average molecular weight is 266 g/mol. The first-order valence-electron chi connectivity index (χ1n) is 6.36. The zero-order chi connectivity index (χ0) is 13.8. The van der Waals surface area contributed by atoms with Gasteiger partial charge in [-0.3, -0.25) is 0 Å². The average Bonchev–Trinajstić information content (AvgIpc) is 2.99. The number of anilines is 1. The minimum Gasteiger partial charge on any atom is -0.467 e. The summed E-state index contributed by atoms with van der Waals surface area (Å²) in [6.07, 6.45) is 1.65. The van der Waals surface area contributed by atoms with Gasteiger partial charge in [-0.05, 0) is 19.1 Å². The third-order valence-electron chi connectivity index (χ3n) is 2.85. The van der Waals surface area contributed by atoms with Gasteiger partial charge in [-0.25, -0.2) is 4.98 Å². The summed E-state index contributed by atoms with van der Waals surface area (Å²) < 4.78 is 5.30. The largest absolute Gasteiger partial charge is 0.467 e. The van der Waals surface area contributed by atoms with E-state index in [9.17, 15) is 0 Å². The highest BCUT2D eigenvalue weighted by Crippen LogP contribution is 2.23. The molecule has 3 aromatic rings. The van der Waals surface area contributed by atoms with Crippen LogP contribution in [0, 0.1) is 6.92 Å². The number of nitrogens with zero attached hydrogens (tertiary/aromatic N) is 3.